The van der Waals surface area contributed by atoms with Gasteiger partial charge in [-0.2, -0.15) is 0 Å². The minimum Gasteiger partial charge on any atom is -0.393 e. The quantitative estimate of drug-likeness (QED) is 0.500. The van der Waals surface area contributed by atoms with Gasteiger partial charge in [0.2, 0.25) is 0 Å². The van der Waals surface area contributed by atoms with Crippen molar-refractivity contribution in [3.63, 3.8) is 0 Å². The van der Waals surface area contributed by atoms with E-state index in [4.69, 9.17) is 5.11 Å². The molecule has 0 heterocycles. The summed E-state index contributed by atoms with van der Waals surface area (Å²) in [6.45, 7) is 2.11. The summed E-state index contributed by atoms with van der Waals surface area (Å²) in [6, 6.07) is 0. The van der Waals surface area contributed by atoms with Gasteiger partial charge < -0.3 is 5.11 Å². The summed E-state index contributed by atoms with van der Waals surface area (Å²) < 4.78 is 0. The normalized spacial score (nSPS) is 43.0. The standard InChI is InChI=1S/C5H10O/c1-2-4-3-5(4)6/h4-6H,2-3H2,1H3/t4-,5+/m0/s1. The summed E-state index contributed by atoms with van der Waals surface area (Å²) >= 11 is 0. The third-order valence-corrected chi connectivity index (χ3v) is 1.41. The lowest BCUT2D eigenvalue weighted by atomic mass is 10.3. The van der Waals surface area contributed by atoms with E-state index in [1.807, 2.05) is 0 Å². The molecule has 1 heteroatoms. The lowest BCUT2D eigenvalue weighted by molar-refractivity contribution is 0.258. The van der Waals surface area contributed by atoms with Gasteiger partial charge in [-0.1, -0.05) is 13.3 Å². The molecule has 0 unspecified atom stereocenters. The SMILES string of the molecule is CC[C@H]1C[C@H]1O. The van der Waals surface area contributed by atoms with Gasteiger partial charge in [0, 0.05) is 0 Å². The van der Waals surface area contributed by atoms with E-state index < -0.39 is 0 Å². The first-order valence-corrected chi connectivity index (χ1v) is 2.52. The van der Waals surface area contributed by atoms with E-state index in [2.05, 4.69) is 6.92 Å². The van der Waals surface area contributed by atoms with E-state index in [0.29, 0.717) is 5.92 Å². The van der Waals surface area contributed by atoms with Crippen molar-refractivity contribution in [2.24, 2.45) is 5.92 Å². The van der Waals surface area contributed by atoms with Crippen molar-refractivity contribution < 1.29 is 5.11 Å². The minimum absolute atomic E-state index is 0.0648. The lowest BCUT2D eigenvalue weighted by Crippen LogP contribution is -1.79. The largest absolute Gasteiger partial charge is 0.393 e. The minimum atomic E-state index is 0.0648. The summed E-state index contributed by atoms with van der Waals surface area (Å²) in [6.07, 6.45) is 2.27. The van der Waals surface area contributed by atoms with Gasteiger partial charge in [-0.15, -0.1) is 0 Å². The Morgan fingerprint density at radius 3 is 2.33 bits per heavy atom. The molecule has 2 atom stereocenters. The van der Waals surface area contributed by atoms with Crippen molar-refractivity contribution in [1.82, 2.24) is 0 Å². The van der Waals surface area contributed by atoms with Crippen molar-refractivity contribution in [2.45, 2.75) is 25.9 Å². The second-order valence-electron chi connectivity index (χ2n) is 1.97. The van der Waals surface area contributed by atoms with Gasteiger partial charge in [0.25, 0.3) is 0 Å². The van der Waals surface area contributed by atoms with Gasteiger partial charge in [-0.05, 0) is 12.3 Å². The van der Waals surface area contributed by atoms with Crippen molar-refractivity contribution in [3.05, 3.63) is 0 Å². The summed E-state index contributed by atoms with van der Waals surface area (Å²) in [7, 11) is 0. The monoisotopic (exact) mass is 86.1 g/mol. The first kappa shape index (κ1) is 4.13. The van der Waals surface area contributed by atoms with E-state index in [1.54, 1.807) is 0 Å². The Bertz CT molecular complexity index is 49.9. The zero-order valence-corrected chi connectivity index (χ0v) is 4.02. The highest BCUT2D eigenvalue weighted by Gasteiger charge is 2.32. The molecule has 0 aromatic heterocycles. The molecule has 6 heavy (non-hydrogen) atoms. The Morgan fingerprint density at radius 1 is 1.83 bits per heavy atom. The van der Waals surface area contributed by atoms with Gasteiger partial charge in [-0.25, -0.2) is 0 Å². The first-order valence-electron chi connectivity index (χ1n) is 2.52. The fourth-order valence-corrected chi connectivity index (χ4v) is 0.670. The Morgan fingerprint density at radius 2 is 2.33 bits per heavy atom. The van der Waals surface area contributed by atoms with Crippen molar-refractivity contribution in [3.8, 4) is 0 Å². The zero-order chi connectivity index (χ0) is 4.57. The Hall–Kier alpha value is -0.0400. The highest BCUT2D eigenvalue weighted by molar-refractivity contribution is 4.83. The van der Waals surface area contributed by atoms with Gasteiger partial charge in [0.1, 0.15) is 0 Å². The molecule has 0 spiro atoms. The average molecular weight is 86.1 g/mol. The molecule has 0 amide bonds. The Labute approximate surface area is 38.0 Å². The number of aliphatic hydroxyl groups excluding tert-OH is 1. The maximum absolute atomic E-state index is 8.63. The van der Waals surface area contributed by atoms with E-state index >= 15 is 0 Å². The molecule has 36 valence electrons. The van der Waals surface area contributed by atoms with Crippen LogP contribution in [0.5, 0.6) is 0 Å². The molecular weight excluding hydrogens is 76.1 g/mol. The maximum Gasteiger partial charge on any atom is 0.0572 e. The number of hydrogen-bond donors (Lipinski definition) is 1. The summed E-state index contributed by atoms with van der Waals surface area (Å²) in [4.78, 5) is 0. The zero-order valence-electron chi connectivity index (χ0n) is 4.02. The third kappa shape index (κ3) is 0.548. The van der Waals surface area contributed by atoms with Crippen LogP contribution < -0.4 is 0 Å². The van der Waals surface area contributed by atoms with Crippen molar-refractivity contribution >= 4 is 0 Å². The Kier molecular flexibility index (Phi) is 0.845. The fraction of sp³-hybridized carbons (Fsp3) is 1.00. The summed E-state index contributed by atoms with van der Waals surface area (Å²) in [5.41, 5.74) is 0. The average Bonchev–Trinajstić information content (AvgIpc) is 2.19. The van der Waals surface area contributed by atoms with Crippen LogP contribution in [-0.4, -0.2) is 11.2 Å². The van der Waals surface area contributed by atoms with Crippen LogP contribution in [0.4, 0.5) is 0 Å². The van der Waals surface area contributed by atoms with Crippen LogP contribution in [-0.2, 0) is 0 Å². The van der Waals surface area contributed by atoms with Crippen molar-refractivity contribution in [2.75, 3.05) is 0 Å². The molecule has 1 N–H and O–H groups in total. The highest BCUT2D eigenvalue weighted by atomic mass is 16.3. The van der Waals surface area contributed by atoms with Gasteiger partial charge in [0.15, 0.2) is 0 Å². The molecule has 0 aromatic carbocycles. The predicted octanol–water partition coefficient (Wildman–Crippen LogP) is 0.777. The molecule has 0 aliphatic heterocycles. The summed E-state index contributed by atoms with van der Waals surface area (Å²) in [5.74, 6) is 0.657. The van der Waals surface area contributed by atoms with Crippen LogP contribution in [0.25, 0.3) is 0 Å². The van der Waals surface area contributed by atoms with E-state index in [9.17, 15) is 0 Å². The van der Waals surface area contributed by atoms with E-state index in [1.165, 1.54) is 0 Å². The molecule has 1 aliphatic rings. The maximum atomic E-state index is 8.63. The highest BCUT2D eigenvalue weighted by Crippen LogP contribution is 2.32. The second-order valence-corrected chi connectivity index (χ2v) is 1.97. The van der Waals surface area contributed by atoms with Crippen LogP contribution in [0.2, 0.25) is 0 Å². The van der Waals surface area contributed by atoms with Gasteiger partial charge in [-0.3, -0.25) is 0 Å². The van der Waals surface area contributed by atoms with Gasteiger partial charge >= 0.3 is 0 Å². The molecule has 0 radical (unpaired) electrons. The topological polar surface area (TPSA) is 20.2 Å². The fourth-order valence-electron chi connectivity index (χ4n) is 0.670. The third-order valence-electron chi connectivity index (χ3n) is 1.41. The molecule has 0 aromatic rings. The molecule has 0 saturated heterocycles. The van der Waals surface area contributed by atoms with Gasteiger partial charge in [0.05, 0.1) is 6.10 Å². The first-order chi connectivity index (χ1) is 2.84. The molecule has 1 rings (SSSR count). The molecule has 1 saturated carbocycles. The number of aliphatic hydroxyl groups is 1. The van der Waals surface area contributed by atoms with Crippen LogP contribution in [0.15, 0.2) is 0 Å². The molecule has 1 nitrogen and oxygen atoms in total. The predicted molar refractivity (Wildman–Crippen MR) is 24.4 cm³/mol. The van der Waals surface area contributed by atoms with Crippen LogP contribution in [0, 0.1) is 5.92 Å². The number of rotatable bonds is 1. The van der Waals surface area contributed by atoms with E-state index in [-0.39, 0.29) is 6.10 Å². The molecule has 1 fully saturated rings. The van der Waals surface area contributed by atoms with Crippen LogP contribution in [0.3, 0.4) is 0 Å². The molecular formula is C5H10O. The Balaban J connectivity index is 2.09. The van der Waals surface area contributed by atoms with E-state index in [0.717, 1.165) is 12.8 Å². The number of hydrogen-bond acceptors (Lipinski definition) is 1. The molecule has 0 bridgehead atoms. The second kappa shape index (κ2) is 1.23. The lowest BCUT2D eigenvalue weighted by Gasteiger charge is -1.78. The van der Waals surface area contributed by atoms with Crippen LogP contribution >= 0.6 is 0 Å². The summed E-state index contributed by atoms with van der Waals surface area (Å²) in [5, 5.41) is 8.63. The smallest absolute Gasteiger partial charge is 0.0572 e. The van der Waals surface area contributed by atoms with Crippen LogP contribution in [0.1, 0.15) is 19.8 Å². The van der Waals surface area contributed by atoms with Crippen molar-refractivity contribution in [1.29, 1.82) is 0 Å². The molecule has 1 aliphatic carbocycles.